The number of rotatable bonds is 7. The molecule has 0 atom stereocenters. The predicted molar refractivity (Wildman–Crippen MR) is 109 cm³/mol. The van der Waals surface area contributed by atoms with E-state index in [2.05, 4.69) is 0 Å². The van der Waals surface area contributed by atoms with Crippen LogP contribution in [0.5, 0.6) is 17.2 Å². The summed E-state index contributed by atoms with van der Waals surface area (Å²) in [5.41, 5.74) is 0.276. The van der Waals surface area contributed by atoms with Crippen LogP contribution < -0.4 is 13.3 Å². The fraction of sp³-hybridized carbons (Fsp3) is 0.217. The van der Waals surface area contributed by atoms with Crippen LogP contribution in [0.1, 0.15) is 25.7 Å². The Morgan fingerprint density at radius 3 is 1.19 bits per heavy atom. The maximum atomic E-state index is 6.59. The molecule has 3 nitrogen and oxygen atoms in total. The van der Waals surface area contributed by atoms with Gasteiger partial charge < -0.3 is 13.3 Å². The Labute approximate surface area is 161 Å². The van der Waals surface area contributed by atoms with Crippen LogP contribution in [0.15, 0.2) is 91.0 Å². The summed E-state index contributed by atoms with van der Waals surface area (Å²) < 4.78 is 19.8. The van der Waals surface area contributed by atoms with Crippen molar-refractivity contribution in [3.63, 3.8) is 0 Å². The molecule has 0 radical (unpaired) electrons. The molecule has 0 N–H and O–H groups in total. The fourth-order valence-electron chi connectivity index (χ4n) is 3.55. The zero-order valence-electron chi connectivity index (χ0n) is 15.3. The summed E-state index contributed by atoms with van der Waals surface area (Å²) >= 11 is 0. The summed E-state index contributed by atoms with van der Waals surface area (Å²) in [6, 6.07) is 29.7. The van der Waals surface area contributed by atoms with Gasteiger partial charge in [0, 0.05) is 0 Å². The van der Waals surface area contributed by atoms with E-state index < -0.39 is 8.80 Å². The molecule has 1 aliphatic rings. The lowest BCUT2D eigenvalue weighted by atomic mass is 10.3. The molecule has 3 aromatic carbocycles. The van der Waals surface area contributed by atoms with Gasteiger partial charge in [0.1, 0.15) is 17.2 Å². The first-order valence-corrected chi connectivity index (χ1v) is 11.4. The minimum atomic E-state index is -3.08. The summed E-state index contributed by atoms with van der Waals surface area (Å²) in [5.74, 6) is 2.38. The van der Waals surface area contributed by atoms with Crippen LogP contribution in [-0.2, 0) is 0 Å². The average molecular weight is 377 g/mol. The van der Waals surface area contributed by atoms with E-state index >= 15 is 0 Å². The van der Waals surface area contributed by atoms with Crippen LogP contribution in [0.4, 0.5) is 0 Å². The van der Waals surface area contributed by atoms with Crippen LogP contribution in [0, 0.1) is 0 Å². The van der Waals surface area contributed by atoms with Gasteiger partial charge in [0.25, 0.3) is 0 Å². The third kappa shape index (κ3) is 4.34. The van der Waals surface area contributed by atoms with E-state index in [4.69, 9.17) is 13.3 Å². The summed E-state index contributed by atoms with van der Waals surface area (Å²) in [6.07, 6.45) is 4.51. The SMILES string of the molecule is c1ccc(O[Si](Oc2ccccc2)(Oc2ccccc2)C2CCCC2)cc1. The molecule has 1 aliphatic carbocycles. The van der Waals surface area contributed by atoms with Gasteiger partial charge in [-0.15, -0.1) is 0 Å². The van der Waals surface area contributed by atoms with Crippen molar-refractivity contribution in [1.82, 2.24) is 0 Å². The molecule has 27 heavy (non-hydrogen) atoms. The van der Waals surface area contributed by atoms with Gasteiger partial charge in [-0.3, -0.25) is 0 Å². The quantitative estimate of drug-likeness (QED) is 0.466. The van der Waals surface area contributed by atoms with Gasteiger partial charge in [-0.1, -0.05) is 67.4 Å². The highest BCUT2D eigenvalue weighted by Gasteiger charge is 2.57. The normalized spacial score (nSPS) is 14.7. The maximum absolute atomic E-state index is 6.59. The summed E-state index contributed by atoms with van der Waals surface area (Å²) in [4.78, 5) is 0. The van der Waals surface area contributed by atoms with Gasteiger partial charge in [0.2, 0.25) is 0 Å². The van der Waals surface area contributed by atoms with Crippen LogP contribution in [0.2, 0.25) is 5.54 Å². The summed E-state index contributed by atoms with van der Waals surface area (Å²) in [6.45, 7) is 0. The van der Waals surface area contributed by atoms with Crippen molar-refractivity contribution in [1.29, 1.82) is 0 Å². The second-order valence-corrected chi connectivity index (χ2v) is 9.47. The van der Waals surface area contributed by atoms with E-state index in [1.54, 1.807) is 0 Å². The molecule has 3 aromatic rings. The molecule has 1 fully saturated rings. The second kappa shape index (κ2) is 8.31. The highest BCUT2D eigenvalue weighted by Crippen LogP contribution is 2.41. The summed E-state index contributed by atoms with van der Waals surface area (Å²) in [7, 11) is -3.08. The van der Waals surface area contributed by atoms with Crippen LogP contribution in [-0.4, -0.2) is 8.80 Å². The van der Waals surface area contributed by atoms with Gasteiger partial charge in [0.15, 0.2) is 0 Å². The lowest BCUT2D eigenvalue weighted by Crippen LogP contribution is -2.58. The van der Waals surface area contributed by atoms with Crippen LogP contribution >= 0.6 is 0 Å². The number of para-hydroxylation sites is 3. The van der Waals surface area contributed by atoms with E-state index in [-0.39, 0.29) is 5.54 Å². The lowest BCUT2D eigenvalue weighted by Gasteiger charge is -2.34. The smallest absolute Gasteiger partial charge is 0.483 e. The van der Waals surface area contributed by atoms with Gasteiger partial charge in [-0.05, 0) is 49.2 Å². The van der Waals surface area contributed by atoms with Gasteiger partial charge in [-0.25, -0.2) is 0 Å². The molecule has 138 valence electrons. The first kappa shape index (κ1) is 17.7. The van der Waals surface area contributed by atoms with E-state index in [0.717, 1.165) is 30.1 Å². The Kier molecular flexibility index (Phi) is 5.44. The molecule has 4 heteroatoms. The highest BCUT2D eigenvalue weighted by molar-refractivity contribution is 6.64. The number of benzene rings is 3. The molecule has 0 unspecified atom stereocenters. The maximum Gasteiger partial charge on any atom is 0.702 e. The predicted octanol–water partition coefficient (Wildman–Crippen LogP) is 6.11. The fourth-order valence-corrected chi connectivity index (χ4v) is 6.68. The summed E-state index contributed by atoms with van der Waals surface area (Å²) in [5, 5.41) is 0. The molecule has 0 spiro atoms. The molecule has 4 rings (SSSR count). The van der Waals surface area contributed by atoms with E-state index in [9.17, 15) is 0 Å². The third-order valence-corrected chi connectivity index (χ3v) is 8.00. The molecule has 0 aromatic heterocycles. The van der Waals surface area contributed by atoms with Gasteiger partial charge in [0.05, 0.1) is 5.54 Å². The van der Waals surface area contributed by atoms with Gasteiger partial charge in [-0.2, -0.15) is 0 Å². The Bertz CT molecular complexity index is 717. The molecule has 0 amide bonds. The molecule has 0 saturated heterocycles. The third-order valence-electron chi connectivity index (χ3n) is 4.87. The Balaban J connectivity index is 1.73. The van der Waals surface area contributed by atoms with Crippen molar-refractivity contribution in [3.05, 3.63) is 91.0 Å². The average Bonchev–Trinajstić information content (AvgIpc) is 3.26. The molecule has 1 saturated carbocycles. The number of hydrogen-bond acceptors (Lipinski definition) is 3. The van der Waals surface area contributed by atoms with Crippen molar-refractivity contribution in [2.45, 2.75) is 31.2 Å². The molecule has 0 bridgehead atoms. The minimum Gasteiger partial charge on any atom is -0.483 e. The molecular weight excluding hydrogens is 352 g/mol. The zero-order valence-corrected chi connectivity index (χ0v) is 16.3. The standard InChI is InChI=1S/C23H24O3Si/c1-4-12-20(13-5-1)24-27(23-18-10-11-19-23,25-21-14-6-2-7-15-21)26-22-16-8-3-9-17-22/h1-9,12-17,23H,10-11,18-19H2. The Morgan fingerprint density at radius 2 is 0.852 bits per heavy atom. The first-order valence-electron chi connectivity index (χ1n) is 9.56. The Hall–Kier alpha value is -2.72. The van der Waals surface area contributed by atoms with Crippen LogP contribution in [0.3, 0.4) is 0 Å². The van der Waals surface area contributed by atoms with E-state index in [0.29, 0.717) is 0 Å². The second-order valence-electron chi connectivity index (χ2n) is 6.83. The minimum absolute atomic E-state index is 0.276. The van der Waals surface area contributed by atoms with Crippen molar-refractivity contribution in [2.75, 3.05) is 0 Å². The van der Waals surface area contributed by atoms with E-state index in [1.165, 1.54) is 12.8 Å². The van der Waals surface area contributed by atoms with Crippen molar-refractivity contribution in [3.8, 4) is 17.2 Å². The largest absolute Gasteiger partial charge is 0.702 e. The molecular formula is C23H24O3Si. The monoisotopic (exact) mass is 376 g/mol. The Morgan fingerprint density at radius 1 is 0.519 bits per heavy atom. The van der Waals surface area contributed by atoms with Crippen LogP contribution in [0.25, 0.3) is 0 Å². The van der Waals surface area contributed by atoms with Crippen molar-refractivity contribution < 1.29 is 13.3 Å². The van der Waals surface area contributed by atoms with Crippen molar-refractivity contribution in [2.24, 2.45) is 0 Å². The molecule has 0 aliphatic heterocycles. The zero-order chi connectivity index (χ0) is 18.4. The topological polar surface area (TPSA) is 27.7 Å². The lowest BCUT2D eigenvalue weighted by molar-refractivity contribution is 0.243. The first-order chi connectivity index (χ1) is 13.3. The number of hydrogen-bond donors (Lipinski definition) is 0. The van der Waals surface area contributed by atoms with E-state index in [1.807, 2.05) is 91.0 Å². The highest BCUT2D eigenvalue weighted by atomic mass is 28.4. The van der Waals surface area contributed by atoms with Gasteiger partial charge >= 0.3 is 8.80 Å². The molecule has 0 heterocycles. The van der Waals surface area contributed by atoms with Crippen molar-refractivity contribution >= 4 is 8.80 Å².